The Morgan fingerprint density at radius 2 is 2.00 bits per heavy atom. The number of piperidine rings is 1. The molecule has 2 N–H and O–H groups in total. The number of carboxylic acid groups (broad SMARTS) is 1. The first-order chi connectivity index (χ1) is 11.4. The van der Waals surface area contributed by atoms with E-state index in [-0.39, 0.29) is 23.1 Å². The van der Waals surface area contributed by atoms with Crippen molar-refractivity contribution in [1.29, 1.82) is 0 Å². The van der Waals surface area contributed by atoms with Crippen LogP contribution in [0.2, 0.25) is 0 Å². The van der Waals surface area contributed by atoms with E-state index < -0.39 is 5.97 Å². The summed E-state index contributed by atoms with van der Waals surface area (Å²) in [7, 11) is 0. The van der Waals surface area contributed by atoms with E-state index in [1.807, 2.05) is 0 Å². The van der Waals surface area contributed by atoms with Gasteiger partial charge in [0.15, 0.2) is 0 Å². The Hall–Kier alpha value is -2.37. The standard InChI is InChI=1S/C18H22N2O4/c1-2-15(21)19-13-5-3-4-12(10-13)16(22)20-8-6-18(7-9-20)11-14(18)17(23)24/h3-5,10,14H,2,6-9,11H2,1H3,(H,19,21)(H,23,24). The number of amides is 2. The highest BCUT2D eigenvalue weighted by molar-refractivity contribution is 5.97. The molecule has 3 rings (SSSR count). The van der Waals surface area contributed by atoms with Crippen LogP contribution >= 0.6 is 0 Å². The zero-order valence-corrected chi connectivity index (χ0v) is 13.7. The number of likely N-dealkylation sites (tertiary alicyclic amines) is 1. The van der Waals surface area contributed by atoms with Crippen molar-refractivity contribution in [2.75, 3.05) is 18.4 Å². The Labute approximate surface area is 140 Å². The fourth-order valence-corrected chi connectivity index (χ4v) is 3.57. The molecule has 1 aliphatic heterocycles. The number of carbonyl (C=O) groups is 3. The van der Waals surface area contributed by atoms with Crippen LogP contribution in [0.5, 0.6) is 0 Å². The maximum Gasteiger partial charge on any atom is 0.307 e. The van der Waals surface area contributed by atoms with Crippen LogP contribution < -0.4 is 5.32 Å². The average molecular weight is 330 g/mol. The number of hydrogen-bond acceptors (Lipinski definition) is 3. The predicted molar refractivity (Wildman–Crippen MR) is 88.7 cm³/mol. The summed E-state index contributed by atoms with van der Waals surface area (Å²) < 4.78 is 0. The molecule has 1 unspecified atom stereocenters. The molecule has 1 aliphatic carbocycles. The van der Waals surface area contributed by atoms with Crippen molar-refractivity contribution in [3.8, 4) is 0 Å². The number of nitrogens with one attached hydrogen (secondary N) is 1. The number of anilines is 1. The van der Waals surface area contributed by atoms with Crippen LogP contribution in [0.4, 0.5) is 5.69 Å². The summed E-state index contributed by atoms with van der Waals surface area (Å²) in [6.45, 7) is 2.96. The molecule has 1 saturated carbocycles. The van der Waals surface area contributed by atoms with Gasteiger partial charge in [0, 0.05) is 30.8 Å². The highest BCUT2D eigenvalue weighted by Gasteiger charge is 2.59. The SMILES string of the molecule is CCC(=O)Nc1cccc(C(=O)N2CCC3(CC2)CC3C(=O)O)c1. The molecular weight excluding hydrogens is 308 g/mol. The van der Waals surface area contributed by atoms with Gasteiger partial charge in [0.05, 0.1) is 5.92 Å². The maximum atomic E-state index is 12.7. The summed E-state index contributed by atoms with van der Waals surface area (Å²) in [5.74, 6) is -1.10. The average Bonchev–Trinajstić information content (AvgIpc) is 3.29. The number of carboxylic acids is 1. The molecule has 2 fully saturated rings. The highest BCUT2D eigenvalue weighted by atomic mass is 16.4. The van der Waals surface area contributed by atoms with E-state index in [9.17, 15) is 14.4 Å². The van der Waals surface area contributed by atoms with Crippen molar-refractivity contribution in [2.24, 2.45) is 11.3 Å². The van der Waals surface area contributed by atoms with Crippen LogP contribution in [0.3, 0.4) is 0 Å². The van der Waals surface area contributed by atoms with Crippen molar-refractivity contribution in [1.82, 2.24) is 4.90 Å². The summed E-state index contributed by atoms with van der Waals surface area (Å²) in [4.78, 5) is 37.0. The molecule has 24 heavy (non-hydrogen) atoms. The summed E-state index contributed by atoms with van der Waals surface area (Å²) >= 11 is 0. The normalized spacial score (nSPS) is 21.4. The highest BCUT2D eigenvalue weighted by Crippen LogP contribution is 2.59. The minimum absolute atomic E-state index is 0.0648. The van der Waals surface area contributed by atoms with E-state index in [1.165, 1.54) is 0 Å². The second-order valence-electron chi connectivity index (χ2n) is 6.73. The molecule has 6 nitrogen and oxygen atoms in total. The molecule has 2 amide bonds. The lowest BCUT2D eigenvalue weighted by molar-refractivity contribution is -0.139. The summed E-state index contributed by atoms with van der Waals surface area (Å²) in [6.07, 6.45) is 2.63. The van der Waals surface area contributed by atoms with Gasteiger partial charge in [-0.05, 0) is 42.9 Å². The third kappa shape index (κ3) is 3.13. The van der Waals surface area contributed by atoms with E-state index in [4.69, 9.17) is 5.11 Å². The Balaban J connectivity index is 1.63. The molecule has 128 valence electrons. The number of rotatable bonds is 4. The van der Waals surface area contributed by atoms with E-state index in [0.29, 0.717) is 30.8 Å². The van der Waals surface area contributed by atoms with Gasteiger partial charge in [-0.3, -0.25) is 14.4 Å². The van der Waals surface area contributed by atoms with Crippen molar-refractivity contribution < 1.29 is 19.5 Å². The molecule has 0 aromatic heterocycles. The minimum atomic E-state index is -0.714. The second kappa shape index (κ2) is 6.26. The van der Waals surface area contributed by atoms with Crippen LogP contribution in [-0.4, -0.2) is 40.9 Å². The lowest BCUT2D eigenvalue weighted by Crippen LogP contribution is -2.40. The zero-order valence-electron chi connectivity index (χ0n) is 13.7. The Morgan fingerprint density at radius 3 is 2.58 bits per heavy atom. The molecule has 6 heteroatoms. The molecule has 1 heterocycles. The van der Waals surface area contributed by atoms with Crippen LogP contribution in [0, 0.1) is 11.3 Å². The van der Waals surface area contributed by atoms with Gasteiger partial charge in [0.2, 0.25) is 5.91 Å². The van der Waals surface area contributed by atoms with E-state index in [1.54, 1.807) is 36.1 Å². The molecule has 0 radical (unpaired) electrons. The second-order valence-corrected chi connectivity index (χ2v) is 6.73. The summed E-state index contributed by atoms with van der Waals surface area (Å²) in [6, 6.07) is 6.95. The lowest BCUT2D eigenvalue weighted by atomic mass is 9.90. The topological polar surface area (TPSA) is 86.7 Å². The van der Waals surface area contributed by atoms with Gasteiger partial charge >= 0.3 is 5.97 Å². The molecule has 1 spiro atoms. The van der Waals surface area contributed by atoms with Gasteiger partial charge in [-0.25, -0.2) is 0 Å². The minimum Gasteiger partial charge on any atom is -0.481 e. The van der Waals surface area contributed by atoms with Crippen molar-refractivity contribution in [3.05, 3.63) is 29.8 Å². The Morgan fingerprint density at radius 1 is 1.29 bits per heavy atom. The monoisotopic (exact) mass is 330 g/mol. The molecule has 1 atom stereocenters. The molecule has 0 bridgehead atoms. The molecule has 2 aliphatic rings. The maximum absolute atomic E-state index is 12.7. The molecule has 1 saturated heterocycles. The van der Waals surface area contributed by atoms with E-state index in [2.05, 4.69) is 5.32 Å². The van der Waals surface area contributed by atoms with E-state index in [0.717, 1.165) is 19.3 Å². The fraction of sp³-hybridized carbons (Fsp3) is 0.500. The fourth-order valence-electron chi connectivity index (χ4n) is 3.57. The number of hydrogen-bond donors (Lipinski definition) is 2. The zero-order chi connectivity index (χ0) is 17.3. The Bertz CT molecular complexity index is 677. The van der Waals surface area contributed by atoms with Crippen LogP contribution in [0.25, 0.3) is 0 Å². The van der Waals surface area contributed by atoms with Crippen molar-refractivity contribution in [3.63, 3.8) is 0 Å². The first-order valence-electron chi connectivity index (χ1n) is 8.37. The van der Waals surface area contributed by atoms with Gasteiger partial charge in [-0.1, -0.05) is 13.0 Å². The van der Waals surface area contributed by atoms with Crippen LogP contribution in [0.15, 0.2) is 24.3 Å². The number of carbonyl (C=O) groups excluding carboxylic acids is 2. The first kappa shape index (κ1) is 16.5. The molecule has 1 aromatic carbocycles. The summed E-state index contributed by atoms with van der Waals surface area (Å²) in [5.41, 5.74) is 1.08. The van der Waals surface area contributed by atoms with Gasteiger partial charge in [0.25, 0.3) is 5.91 Å². The van der Waals surface area contributed by atoms with Crippen LogP contribution in [-0.2, 0) is 9.59 Å². The Kier molecular flexibility index (Phi) is 4.30. The van der Waals surface area contributed by atoms with Gasteiger partial charge in [-0.2, -0.15) is 0 Å². The largest absolute Gasteiger partial charge is 0.481 e. The smallest absolute Gasteiger partial charge is 0.307 e. The van der Waals surface area contributed by atoms with Crippen molar-refractivity contribution in [2.45, 2.75) is 32.6 Å². The van der Waals surface area contributed by atoms with Crippen molar-refractivity contribution >= 4 is 23.5 Å². The number of benzene rings is 1. The number of aliphatic carboxylic acids is 1. The van der Waals surface area contributed by atoms with Crippen LogP contribution in [0.1, 0.15) is 43.0 Å². The van der Waals surface area contributed by atoms with Gasteiger partial charge in [0.1, 0.15) is 0 Å². The van der Waals surface area contributed by atoms with Gasteiger partial charge < -0.3 is 15.3 Å². The third-order valence-electron chi connectivity index (χ3n) is 5.25. The third-order valence-corrected chi connectivity index (χ3v) is 5.25. The molecular formula is C18H22N2O4. The van der Waals surface area contributed by atoms with Gasteiger partial charge in [-0.15, -0.1) is 0 Å². The lowest BCUT2D eigenvalue weighted by Gasteiger charge is -2.32. The van der Waals surface area contributed by atoms with E-state index >= 15 is 0 Å². The summed E-state index contributed by atoms with van der Waals surface area (Å²) in [5, 5.41) is 11.9. The first-order valence-corrected chi connectivity index (χ1v) is 8.37. The predicted octanol–water partition coefficient (Wildman–Crippen LogP) is 2.36. The quantitative estimate of drug-likeness (QED) is 0.887. The number of nitrogens with zero attached hydrogens (tertiary/aromatic N) is 1. The molecule has 1 aromatic rings.